The summed E-state index contributed by atoms with van der Waals surface area (Å²) in [5.41, 5.74) is 1.25. The topological polar surface area (TPSA) is 21.3 Å². The molecule has 1 saturated carbocycles. The molecule has 3 heteroatoms. The number of hydrogen-bond acceptors (Lipinski definition) is 3. The second-order valence-electron chi connectivity index (χ2n) is 6.69. The van der Waals surface area contributed by atoms with Crippen LogP contribution in [-0.4, -0.2) is 23.1 Å². The molecule has 1 aromatic rings. The zero-order valence-electron chi connectivity index (χ0n) is 12.7. The highest BCUT2D eigenvalue weighted by Crippen LogP contribution is 2.40. The van der Waals surface area contributed by atoms with Crippen molar-refractivity contribution in [1.29, 1.82) is 0 Å². The lowest BCUT2D eigenvalue weighted by molar-refractivity contribution is 0.0638. The first kappa shape index (κ1) is 14.3. The Morgan fingerprint density at radius 2 is 2.05 bits per heavy atom. The van der Waals surface area contributed by atoms with Gasteiger partial charge in [0, 0.05) is 29.3 Å². The lowest BCUT2D eigenvalue weighted by Gasteiger charge is -2.39. The zero-order valence-corrected chi connectivity index (χ0v) is 13.5. The number of ether oxygens (including phenoxy) is 1. The van der Waals surface area contributed by atoms with Gasteiger partial charge in [0.15, 0.2) is 0 Å². The number of fused-ring (bicyclic) bond motifs is 1. The maximum Gasteiger partial charge on any atom is 0.124 e. The number of rotatable bonds is 3. The summed E-state index contributed by atoms with van der Waals surface area (Å²) in [5, 5.41) is 4.74. The summed E-state index contributed by atoms with van der Waals surface area (Å²) in [4.78, 5) is 0. The van der Waals surface area contributed by atoms with Crippen LogP contribution in [0, 0.1) is 0 Å². The van der Waals surface area contributed by atoms with Gasteiger partial charge in [-0.1, -0.05) is 18.2 Å². The maximum absolute atomic E-state index is 6.11. The van der Waals surface area contributed by atoms with E-state index in [1.165, 1.54) is 24.8 Å². The third-order valence-corrected chi connectivity index (χ3v) is 5.63. The van der Waals surface area contributed by atoms with Gasteiger partial charge in [-0.25, -0.2) is 0 Å². The monoisotopic (exact) mass is 291 g/mol. The van der Waals surface area contributed by atoms with Crippen LogP contribution in [0.5, 0.6) is 5.75 Å². The molecular formula is C17H25NOS. The Labute approximate surface area is 126 Å². The molecule has 3 atom stereocenters. The van der Waals surface area contributed by atoms with Crippen LogP contribution in [0.25, 0.3) is 0 Å². The molecular weight excluding hydrogens is 266 g/mol. The number of benzene rings is 1. The van der Waals surface area contributed by atoms with Gasteiger partial charge in [-0.05, 0) is 45.4 Å². The Morgan fingerprint density at radius 1 is 1.25 bits per heavy atom. The number of nitrogens with one attached hydrogen (secondary N) is 1. The molecule has 110 valence electrons. The van der Waals surface area contributed by atoms with Crippen molar-refractivity contribution in [3.8, 4) is 5.75 Å². The fraction of sp³-hybridized carbons (Fsp3) is 0.647. The maximum atomic E-state index is 6.11. The Morgan fingerprint density at radius 3 is 2.80 bits per heavy atom. The van der Waals surface area contributed by atoms with E-state index >= 15 is 0 Å². The van der Waals surface area contributed by atoms with Gasteiger partial charge in [0.25, 0.3) is 0 Å². The lowest BCUT2D eigenvalue weighted by atomic mass is 9.89. The first-order chi connectivity index (χ1) is 9.57. The van der Waals surface area contributed by atoms with Gasteiger partial charge in [-0.2, -0.15) is 11.8 Å². The third-order valence-electron chi connectivity index (χ3n) is 4.53. The Hall–Kier alpha value is -0.670. The van der Waals surface area contributed by atoms with Crippen molar-refractivity contribution in [2.75, 3.05) is 6.26 Å². The van der Waals surface area contributed by atoms with E-state index in [1.807, 2.05) is 11.8 Å². The predicted octanol–water partition coefficient (Wildman–Crippen LogP) is 4.16. The first-order valence-electron chi connectivity index (χ1n) is 7.64. The molecule has 2 nitrogen and oxygen atoms in total. The van der Waals surface area contributed by atoms with Gasteiger partial charge >= 0.3 is 0 Å². The van der Waals surface area contributed by atoms with Crippen LogP contribution in [0.2, 0.25) is 0 Å². The molecule has 1 aromatic carbocycles. The van der Waals surface area contributed by atoms with E-state index in [0.29, 0.717) is 12.1 Å². The van der Waals surface area contributed by atoms with Gasteiger partial charge in [-0.3, -0.25) is 0 Å². The Kier molecular flexibility index (Phi) is 4.00. The average molecular weight is 291 g/mol. The summed E-state index contributed by atoms with van der Waals surface area (Å²) in [6.07, 6.45) is 7.25. The van der Waals surface area contributed by atoms with Crippen molar-refractivity contribution in [3.63, 3.8) is 0 Å². The Bertz CT molecular complexity index is 474. The molecule has 20 heavy (non-hydrogen) atoms. The van der Waals surface area contributed by atoms with Crippen LogP contribution in [0.4, 0.5) is 0 Å². The molecule has 1 fully saturated rings. The second-order valence-corrected chi connectivity index (χ2v) is 7.83. The highest BCUT2D eigenvalue weighted by molar-refractivity contribution is 7.99. The van der Waals surface area contributed by atoms with E-state index in [4.69, 9.17) is 4.74 Å². The molecule has 1 N–H and O–H groups in total. The van der Waals surface area contributed by atoms with Crippen LogP contribution < -0.4 is 10.1 Å². The van der Waals surface area contributed by atoms with E-state index in [1.54, 1.807) is 0 Å². The van der Waals surface area contributed by atoms with E-state index in [0.717, 1.165) is 17.4 Å². The standard InChI is InChI=1S/C17H25NOS/c1-17(2)11-15(14-6-4-5-7-16(14)19-17)18-12-8-9-13(10-12)20-3/h4-7,12-13,15,18H,8-11H2,1-3H3. The van der Waals surface area contributed by atoms with Crippen molar-refractivity contribution in [2.24, 2.45) is 0 Å². The molecule has 1 heterocycles. The van der Waals surface area contributed by atoms with Crippen molar-refractivity contribution in [3.05, 3.63) is 29.8 Å². The van der Waals surface area contributed by atoms with Gasteiger partial charge in [0.05, 0.1) is 0 Å². The number of para-hydroxylation sites is 1. The van der Waals surface area contributed by atoms with Crippen molar-refractivity contribution in [1.82, 2.24) is 5.32 Å². The molecule has 0 saturated heterocycles. The fourth-order valence-corrected chi connectivity index (χ4v) is 4.34. The van der Waals surface area contributed by atoms with Crippen LogP contribution in [0.1, 0.15) is 51.1 Å². The zero-order chi connectivity index (χ0) is 14.2. The normalized spacial score (nSPS) is 31.6. The Balaban J connectivity index is 1.76. The smallest absolute Gasteiger partial charge is 0.124 e. The molecule has 1 aliphatic heterocycles. The molecule has 3 rings (SSSR count). The molecule has 0 spiro atoms. The molecule has 1 aliphatic carbocycles. The summed E-state index contributed by atoms with van der Waals surface area (Å²) < 4.78 is 6.11. The third kappa shape index (κ3) is 2.99. The van der Waals surface area contributed by atoms with E-state index in [2.05, 4.69) is 49.7 Å². The quantitative estimate of drug-likeness (QED) is 0.903. The van der Waals surface area contributed by atoms with Crippen LogP contribution in [-0.2, 0) is 0 Å². The summed E-state index contributed by atoms with van der Waals surface area (Å²) >= 11 is 2.02. The van der Waals surface area contributed by atoms with Crippen LogP contribution in [0.3, 0.4) is 0 Å². The minimum Gasteiger partial charge on any atom is -0.487 e. The fourth-order valence-electron chi connectivity index (χ4n) is 3.54. The highest BCUT2D eigenvalue weighted by Gasteiger charge is 2.35. The molecule has 0 aromatic heterocycles. The average Bonchev–Trinajstić information content (AvgIpc) is 2.85. The summed E-state index contributed by atoms with van der Waals surface area (Å²) in [5.74, 6) is 1.06. The van der Waals surface area contributed by atoms with Crippen LogP contribution in [0.15, 0.2) is 24.3 Å². The molecule has 3 unspecified atom stereocenters. The molecule has 0 amide bonds. The molecule has 0 radical (unpaired) electrons. The van der Waals surface area contributed by atoms with E-state index in [9.17, 15) is 0 Å². The number of thioether (sulfide) groups is 1. The van der Waals surface area contributed by atoms with Crippen molar-refractivity contribution in [2.45, 2.75) is 62.5 Å². The lowest BCUT2D eigenvalue weighted by Crippen LogP contribution is -2.42. The van der Waals surface area contributed by atoms with Crippen molar-refractivity contribution >= 4 is 11.8 Å². The number of hydrogen-bond donors (Lipinski definition) is 1. The van der Waals surface area contributed by atoms with Gasteiger partial charge in [0.1, 0.15) is 11.4 Å². The second kappa shape index (κ2) is 5.61. The van der Waals surface area contributed by atoms with Crippen LogP contribution >= 0.6 is 11.8 Å². The highest BCUT2D eigenvalue weighted by atomic mass is 32.2. The van der Waals surface area contributed by atoms with Crippen molar-refractivity contribution < 1.29 is 4.74 Å². The first-order valence-corrected chi connectivity index (χ1v) is 8.93. The predicted molar refractivity (Wildman–Crippen MR) is 86.6 cm³/mol. The summed E-state index contributed by atoms with van der Waals surface area (Å²) in [7, 11) is 0. The largest absolute Gasteiger partial charge is 0.487 e. The SMILES string of the molecule is CSC1CCC(NC2CC(C)(C)Oc3ccccc32)C1. The summed E-state index contributed by atoms with van der Waals surface area (Å²) in [6, 6.07) is 9.60. The van der Waals surface area contributed by atoms with Gasteiger partial charge in [0.2, 0.25) is 0 Å². The molecule has 0 bridgehead atoms. The van der Waals surface area contributed by atoms with Gasteiger partial charge in [-0.15, -0.1) is 0 Å². The van der Waals surface area contributed by atoms with E-state index in [-0.39, 0.29) is 5.60 Å². The minimum atomic E-state index is -0.0798. The van der Waals surface area contributed by atoms with E-state index < -0.39 is 0 Å². The van der Waals surface area contributed by atoms with Gasteiger partial charge < -0.3 is 10.1 Å². The summed E-state index contributed by atoms with van der Waals surface area (Å²) in [6.45, 7) is 4.38. The minimum absolute atomic E-state index is 0.0798. The molecule has 2 aliphatic rings.